The molecule has 2 heterocycles. The van der Waals surface area contributed by atoms with Crippen LogP contribution in [0.15, 0.2) is 40.7 Å². The van der Waals surface area contributed by atoms with Crippen molar-refractivity contribution in [1.82, 2.24) is 30.8 Å². The molecule has 0 fully saturated rings. The Morgan fingerprint density at radius 1 is 1.36 bits per heavy atom. The molecule has 0 bridgehead atoms. The maximum atomic E-state index is 12.3. The van der Waals surface area contributed by atoms with Crippen LogP contribution in [0.2, 0.25) is 0 Å². The Bertz CT molecular complexity index is 913. The number of tetrazole rings is 1. The SMILES string of the molecule is CCOC(=O)C1=C(CSc2nnnn2-c2ccccc2OC)NC(=O)NC1C. The van der Waals surface area contributed by atoms with Gasteiger partial charge in [-0.15, -0.1) is 5.10 Å². The van der Waals surface area contributed by atoms with Crippen molar-refractivity contribution in [1.29, 1.82) is 0 Å². The van der Waals surface area contributed by atoms with Gasteiger partial charge in [-0.1, -0.05) is 23.9 Å². The molecular weight excluding hydrogens is 384 g/mol. The Kier molecular flexibility index (Phi) is 6.14. The molecule has 1 aliphatic rings. The molecule has 2 N–H and O–H groups in total. The second-order valence-electron chi connectivity index (χ2n) is 5.77. The number of ether oxygens (including phenoxy) is 2. The number of nitrogens with zero attached hydrogens (tertiary/aromatic N) is 4. The number of benzene rings is 1. The minimum atomic E-state index is -0.470. The number of rotatable bonds is 7. The predicted octanol–water partition coefficient (Wildman–Crippen LogP) is 1.28. The molecule has 0 radical (unpaired) electrons. The van der Waals surface area contributed by atoms with E-state index < -0.39 is 12.0 Å². The highest BCUT2D eigenvalue weighted by molar-refractivity contribution is 7.99. The highest BCUT2D eigenvalue weighted by Crippen LogP contribution is 2.27. The Balaban J connectivity index is 1.87. The highest BCUT2D eigenvalue weighted by atomic mass is 32.2. The van der Waals surface area contributed by atoms with Crippen molar-refractivity contribution >= 4 is 23.8 Å². The summed E-state index contributed by atoms with van der Waals surface area (Å²) in [7, 11) is 1.57. The minimum absolute atomic E-state index is 0.246. The lowest BCUT2D eigenvalue weighted by atomic mass is 10.1. The Hall–Kier alpha value is -3.08. The zero-order chi connectivity index (χ0) is 20.1. The first-order valence-corrected chi connectivity index (χ1v) is 9.56. The third kappa shape index (κ3) is 4.09. The van der Waals surface area contributed by atoms with Crippen LogP contribution in [-0.2, 0) is 9.53 Å². The van der Waals surface area contributed by atoms with Crippen molar-refractivity contribution < 1.29 is 19.1 Å². The van der Waals surface area contributed by atoms with Crippen LogP contribution in [0, 0.1) is 0 Å². The normalized spacial score (nSPS) is 16.4. The lowest BCUT2D eigenvalue weighted by Gasteiger charge is -2.26. The van der Waals surface area contributed by atoms with E-state index in [0.717, 1.165) is 0 Å². The minimum Gasteiger partial charge on any atom is -0.494 e. The summed E-state index contributed by atoms with van der Waals surface area (Å²) < 4.78 is 12.0. The van der Waals surface area contributed by atoms with Crippen molar-refractivity contribution in [3.63, 3.8) is 0 Å². The van der Waals surface area contributed by atoms with E-state index in [1.807, 2.05) is 24.3 Å². The highest BCUT2D eigenvalue weighted by Gasteiger charge is 2.30. The lowest BCUT2D eigenvalue weighted by molar-refractivity contribution is -0.138. The first kappa shape index (κ1) is 19.7. The number of amides is 2. The van der Waals surface area contributed by atoms with Crippen LogP contribution >= 0.6 is 11.8 Å². The van der Waals surface area contributed by atoms with Crippen LogP contribution in [-0.4, -0.2) is 57.7 Å². The van der Waals surface area contributed by atoms with Crippen LogP contribution in [0.3, 0.4) is 0 Å². The number of aromatic nitrogens is 4. The van der Waals surface area contributed by atoms with Gasteiger partial charge < -0.3 is 20.1 Å². The van der Waals surface area contributed by atoms with Crippen molar-refractivity contribution in [2.24, 2.45) is 0 Å². The van der Waals surface area contributed by atoms with E-state index in [9.17, 15) is 9.59 Å². The molecule has 0 spiro atoms. The van der Waals surface area contributed by atoms with Gasteiger partial charge in [0.15, 0.2) is 0 Å². The van der Waals surface area contributed by atoms with Crippen molar-refractivity contribution in [3.8, 4) is 11.4 Å². The number of urea groups is 1. The molecule has 1 unspecified atom stereocenters. The molecule has 11 heteroatoms. The molecule has 1 aromatic carbocycles. The molecule has 10 nitrogen and oxygen atoms in total. The number of nitrogens with one attached hydrogen (secondary N) is 2. The standard InChI is InChI=1S/C17H20N6O4S/c1-4-27-15(24)14-10(2)18-16(25)19-11(14)9-28-17-20-21-22-23(17)12-7-5-6-8-13(12)26-3/h5-8,10H,4,9H2,1-3H3,(H2,18,19,25). The molecule has 1 aromatic heterocycles. The van der Waals surface area contributed by atoms with E-state index in [1.165, 1.54) is 11.8 Å². The van der Waals surface area contributed by atoms with Gasteiger partial charge in [0.1, 0.15) is 11.4 Å². The van der Waals surface area contributed by atoms with Gasteiger partial charge in [-0.25, -0.2) is 9.59 Å². The van der Waals surface area contributed by atoms with Crippen LogP contribution < -0.4 is 15.4 Å². The summed E-state index contributed by atoms with van der Waals surface area (Å²) in [5, 5.41) is 17.6. The van der Waals surface area contributed by atoms with E-state index in [-0.39, 0.29) is 18.4 Å². The molecule has 2 amide bonds. The first-order valence-electron chi connectivity index (χ1n) is 8.57. The molecular formula is C17H20N6O4S. The fourth-order valence-electron chi connectivity index (χ4n) is 2.75. The van der Waals surface area contributed by atoms with Crippen LogP contribution in [0.25, 0.3) is 5.69 Å². The molecule has 148 valence electrons. The fraction of sp³-hybridized carbons (Fsp3) is 0.353. The number of thioether (sulfide) groups is 1. The summed E-state index contributed by atoms with van der Waals surface area (Å²) in [5.74, 6) is 0.427. The topological polar surface area (TPSA) is 120 Å². The maximum Gasteiger partial charge on any atom is 0.337 e. The van der Waals surface area contributed by atoms with Crippen molar-refractivity contribution in [3.05, 3.63) is 35.5 Å². The largest absolute Gasteiger partial charge is 0.494 e. The Morgan fingerprint density at radius 3 is 2.89 bits per heavy atom. The molecule has 2 aromatic rings. The molecule has 28 heavy (non-hydrogen) atoms. The van der Waals surface area contributed by atoms with Crippen LogP contribution in [0.4, 0.5) is 4.79 Å². The number of hydrogen-bond acceptors (Lipinski definition) is 8. The van der Waals surface area contributed by atoms with E-state index in [1.54, 1.807) is 25.6 Å². The summed E-state index contributed by atoms with van der Waals surface area (Å²) in [6, 6.07) is 6.50. The third-order valence-corrected chi connectivity index (χ3v) is 4.91. The summed E-state index contributed by atoms with van der Waals surface area (Å²) in [5.41, 5.74) is 1.53. The van der Waals surface area contributed by atoms with Gasteiger partial charge in [0.2, 0.25) is 5.16 Å². The molecule has 0 saturated heterocycles. The van der Waals surface area contributed by atoms with Gasteiger partial charge in [-0.05, 0) is 36.4 Å². The van der Waals surface area contributed by atoms with Gasteiger partial charge in [-0.3, -0.25) is 0 Å². The summed E-state index contributed by atoms with van der Waals surface area (Å²) in [6.07, 6.45) is 0. The number of hydrogen-bond donors (Lipinski definition) is 2. The number of para-hydroxylation sites is 2. The monoisotopic (exact) mass is 404 g/mol. The summed E-state index contributed by atoms with van der Waals surface area (Å²) >= 11 is 1.28. The number of methoxy groups -OCH3 is 1. The smallest absolute Gasteiger partial charge is 0.337 e. The number of carbonyl (C=O) groups excluding carboxylic acids is 2. The third-order valence-electron chi connectivity index (χ3n) is 3.97. The van der Waals surface area contributed by atoms with E-state index in [2.05, 4.69) is 26.2 Å². The molecule has 0 aliphatic carbocycles. The summed E-state index contributed by atoms with van der Waals surface area (Å²) in [4.78, 5) is 24.2. The molecule has 1 aliphatic heterocycles. The van der Waals surface area contributed by atoms with Gasteiger partial charge in [-0.2, -0.15) is 4.68 Å². The molecule has 3 rings (SSSR count). The van der Waals surface area contributed by atoms with Gasteiger partial charge >= 0.3 is 12.0 Å². The predicted molar refractivity (Wildman–Crippen MR) is 101 cm³/mol. The van der Waals surface area contributed by atoms with Crippen molar-refractivity contribution in [2.75, 3.05) is 19.5 Å². The van der Waals surface area contributed by atoms with E-state index in [4.69, 9.17) is 9.47 Å². The number of esters is 1. The van der Waals surface area contributed by atoms with Crippen molar-refractivity contribution in [2.45, 2.75) is 25.0 Å². The molecule has 0 saturated carbocycles. The van der Waals surface area contributed by atoms with Gasteiger partial charge in [0, 0.05) is 11.4 Å². The lowest BCUT2D eigenvalue weighted by Crippen LogP contribution is -2.49. The number of carbonyl (C=O) groups is 2. The van der Waals surface area contributed by atoms with Gasteiger partial charge in [0.05, 0.1) is 25.3 Å². The first-order chi connectivity index (χ1) is 13.5. The Labute approximate surface area is 165 Å². The average Bonchev–Trinajstić information content (AvgIpc) is 3.14. The van der Waals surface area contributed by atoms with E-state index in [0.29, 0.717) is 27.9 Å². The fourth-order valence-corrected chi connectivity index (χ4v) is 3.61. The van der Waals surface area contributed by atoms with Crippen LogP contribution in [0.1, 0.15) is 13.8 Å². The quantitative estimate of drug-likeness (QED) is 0.523. The van der Waals surface area contributed by atoms with Gasteiger partial charge in [0.25, 0.3) is 0 Å². The second kappa shape index (κ2) is 8.74. The zero-order valence-corrected chi connectivity index (χ0v) is 16.4. The van der Waals surface area contributed by atoms with E-state index >= 15 is 0 Å². The molecule has 1 atom stereocenters. The summed E-state index contributed by atoms with van der Waals surface area (Å²) in [6.45, 7) is 3.71. The zero-order valence-electron chi connectivity index (χ0n) is 15.6. The van der Waals surface area contributed by atoms with Crippen LogP contribution in [0.5, 0.6) is 5.75 Å². The Morgan fingerprint density at radius 2 is 2.14 bits per heavy atom. The maximum absolute atomic E-state index is 12.3. The second-order valence-corrected chi connectivity index (χ2v) is 6.71. The average molecular weight is 404 g/mol.